The Balaban J connectivity index is 2.65. The van der Waals surface area contributed by atoms with Crippen LogP contribution in [0.25, 0.3) is 0 Å². The number of aliphatic hydroxyl groups is 1. The molecule has 0 bridgehead atoms. The van der Waals surface area contributed by atoms with E-state index in [1.165, 1.54) is 0 Å². The Morgan fingerprint density at radius 3 is 2.75 bits per heavy atom. The summed E-state index contributed by atoms with van der Waals surface area (Å²) in [7, 11) is 0. The average Bonchev–Trinajstić information content (AvgIpc) is 2.40. The van der Waals surface area contributed by atoms with Gasteiger partial charge >= 0.3 is 0 Å². The minimum atomic E-state index is -0.118. The molecule has 1 unspecified atom stereocenters. The van der Waals surface area contributed by atoms with Crippen LogP contribution >= 0.6 is 0 Å². The van der Waals surface area contributed by atoms with Crippen LogP contribution in [-0.4, -0.2) is 30.2 Å². The average molecular weight is 280 g/mol. The monoisotopic (exact) mass is 280 g/mol. The van der Waals surface area contributed by atoms with Gasteiger partial charge in [0.05, 0.1) is 13.2 Å². The van der Waals surface area contributed by atoms with Crippen molar-refractivity contribution in [2.24, 2.45) is 0 Å². The van der Waals surface area contributed by atoms with Crippen molar-refractivity contribution in [1.82, 2.24) is 5.32 Å². The molecule has 0 aliphatic carbocycles. The number of aliphatic hydroxyl groups excluding tert-OH is 1. The highest BCUT2D eigenvalue weighted by Crippen LogP contribution is 2.23. The van der Waals surface area contributed by atoms with E-state index in [0.717, 1.165) is 6.54 Å². The highest BCUT2D eigenvalue weighted by atomic mass is 16.5. The molecular weight excluding hydrogens is 256 g/mol. The maximum atomic E-state index is 11.9. The number of ether oxygens (including phenoxy) is 1. The van der Waals surface area contributed by atoms with Gasteiger partial charge in [-0.1, -0.05) is 6.92 Å². The first-order valence-electron chi connectivity index (χ1n) is 7.00. The largest absolute Gasteiger partial charge is 0.494 e. The topological polar surface area (TPSA) is 70.6 Å². The molecule has 1 aromatic carbocycles. The summed E-state index contributed by atoms with van der Waals surface area (Å²) in [6.45, 7) is 7.13. The van der Waals surface area contributed by atoms with Crippen LogP contribution in [0, 0.1) is 0 Å². The maximum absolute atomic E-state index is 11.9. The van der Waals surface area contributed by atoms with Crippen molar-refractivity contribution in [1.29, 1.82) is 0 Å². The normalized spacial score (nSPS) is 12.0. The van der Waals surface area contributed by atoms with E-state index >= 15 is 0 Å². The van der Waals surface area contributed by atoms with Crippen LogP contribution in [0.4, 0.5) is 5.69 Å². The number of benzene rings is 1. The number of carbonyl (C=O) groups excluding carboxylic acids is 1. The minimum absolute atomic E-state index is 0.0495. The summed E-state index contributed by atoms with van der Waals surface area (Å²) in [5, 5.41) is 15.3. The van der Waals surface area contributed by atoms with Crippen molar-refractivity contribution in [3.8, 4) is 5.75 Å². The van der Waals surface area contributed by atoms with Gasteiger partial charge in [-0.3, -0.25) is 4.79 Å². The number of anilines is 1. The molecule has 0 saturated heterocycles. The molecule has 1 aromatic rings. The van der Waals surface area contributed by atoms with Crippen molar-refractivity contribution in [2.75, 3.05) is 18.5 Å². The van der Waals surface area contributed by atoms with E-state index in [1.54, 1.807) is 18.2 Å². The summed E-state index contributed by atoms with van der Waals surface area (Å²) in [6, 6.07) is 5.42. The van der Waals surface area contributed by atoms with E-state index in [4.69, 9.17) is 4.74 Å². The molecule has 0 fully saturated rings. The number of carbonyl (C=O) groups is 1. The van der Waals surface area contributed by atoms with Gasteiger partial charge in [-0.05, 0) is 38.6 Å². The fraction of sp³-hybridized carbons (Fsp3) is 0.533. The molecule has 5 nitrogen and oxygen atoms in total. The molecule has 0 aliphatic rings. The second-order valence-electron chi connectivity index (χ2n) is 4.62. The Morgan fingerprint density at radius 2 is 2.15 bits per heavy atom. The molecule has 20 heavy (non-hydrogen) atoms. The third-order valence-corrected chi connectivity index (χ3v) is 2.86. The number of amides is 1. The zero-order chi connectivity index (χ0) is 15.0. The van der Waals surface area contributed by atoms with Gasteiger partial charge in [-0.25, -0.2) is 0 Å². The van der Waals surface area contributed by atoms with Crippen LogP contribution in [0.1, 0.15) is 32.8 Å². The van der Waals surface area contributed by atoms with E-state index < -0.39 is 0 Å². The van der Waals surface area contributed by atoms with Crippen LogP contribution in [0.15, 0.2) is 18.2 Å². The molecule has 1 atom stereocenters. The lowest BCUT2D eigenvalue weighted by Crippen LogP contribution is -2.30. The van der Waals surface area contributed by atoms with Crippen molar-refractivity contribution in [3.63, 3.8) is 0 Å². The van der Waals surface area contributed by atoms with Gasteiger partial charge in [-0.2, -0.15) is 0 Å². The number of rotatable bonds is 8. The number of hydrogen-bond donors (Lipinski definition) is 3. The zero-order valence-corrected chi connectivity index (χ0v) is 12.4. The molecule has 1 rings (SSSR count). The maximum Gasteiger partial charge on any atom is 0.225 e. The van der Waals surface area contributed by atoms with E-state index in [1.807, 2.05) is 20.8 Å². The number of hydrogen-bond acceptors (Lipinski definition) is 4. The highest BCUT2D eigenvalue weighted by Gasteiger charge is 2.10. The van der Waals surface area contributed by atoms with Gasteiger partial charge in [0, 0.05) is 23.7 Å². The Labute approximate surface area is 120 Å². The predicted molar refractivity (Wildman–Crippen MR) is 79.9 cm³/mol. The van der Waals surface area contributed by atoms with Crippen LogP contribution in [0.5, 0.6) is 5.75 Å². The summed E-state index contributed by atoms with van der Waals surface area (Å²) < 4.78 is 5.40. The second-order valence-corrected chi connectivity index (χ2v) is 4.62. The zero-order valence-electron chi connectivity index (χ0n) is 12.4. The summed E-state index contributed by atoms with van der Waals surface area (Å²) >= 11 is 0. The third kappa shape index (κ3) is 5.19. The van der Waals surface area contributed by atoms with E-state index in [0.29, 0.717) is 30.0 Å². The van der Waals surface area contributed by atoms with Crippen molar-refractivity contribution in [3.05, 3.63) is 23.8 Å². The minimum Gasteiger partial charge on any atom is -0.494 e. The first-order valence-corrected chi connectivity index (χ1v) is 7.00. The fourth-order valence-corrected chi connectivity index (χ4v) is 1.99. The molecule has 0 aromatic heterocycles. The summed E-state index contributed by atoms with van der Waals surface area (Å²) in [5.41, 5.74) is 1.34. The predicted octanol–water partition coefficient (Wildman–Crippen LogP) is 1.90. The van der Waals surface area contributed by atoms with Gasteiger partial charge < -0.3 is 20.5 Å². The SMILES string of the molecule is CCNC(C)CC(=O)Nc1ccc(OCC)c(CO)c1. The smallest absolute Gasteiger partial charge is 0.225 e. The Morgan fingerprint density at radius 1 is 1.40 bits per heavy atom. The lowest BCUT2D eigenvalue weighted by molar-refractivity contribution is -0.116. The van der Waals surface area contributed by atoms with Crippen molar-refractivity contribution < 1.29 is 14.6 Å². The van der Waals surface area contributed by atoms with Crippen LogP contribution in [0.2, 0.25) is 0 Å². The van der Waals surface area contributed by atoms with E-state index in [9.17, 15) is 9.90 Å². The summed E-state index contributed by atoms with van der Waals surface area (Å²) in [6.07, 6.45) is 0.412. The summed E-state index contributed by atoms with van der Waals surface area (Å²) in [5.74, 6) is 0.598. The van der Waals surface area contributed by atoms with Crippen molar-refractivity contribution >= 4 is 11.6 Å². The third-order valence-electron chi connectivity index (χ3n) is 2.86. The first kappa shape index (κ1) is 16.5. The van der Waals surface area contributed by atoms with Crippen LogP contribution in [0.3, 0.4) is 0 Å². The molecule has 0 aliphatic heterocycles. The lowest BCUT2D eigenvalue weighted by Gasteiger charge is -2.14. The standard InChI is InChI=1S/C15H24N2O3/c1-4-16-11(3)8-15(19)17-13-6-7-14(20-5-2)12(9-13)10-18/h6-7,9,11,16,18H,4-5,8,10H2,1-3H3,(H,17,19). The molecule has 3 N–H and O–H groups in total. The molecule has 0 heterocycles. The molecule has 0 radical (unpaired) electrons. The Hall–Kier alpha value is -1.59. The molecule has 1 amide bonds. The van der Waals surface area contributed by atoms with E-state index in [-0.39, 0.29) is 18.6 Å². The highest BCUT2D eigenvalue weighted by molar-refractivity contribution is 5.91. The molecule has 112 valence electrons. The molecule has 0 saturated carbocycles. The van der Waals surface area contributed by atoms with Crippen LogP contribution in [-0.2, 0) is 11.4 Å². The quantitative estimate of drug-likeness (QED) is 0.680. The molecule has 5 heteroatoms. The Bertz CT molecular complexity index is 435. The molecule has 0 spiro atoms. The summed E-state index contributed by atoms with van der Waals surface area (Å²) in [4.78, 5) is 11.9. The van der Waals surface area contributed by atoms with Gasteiger partial charge in [0.1, 0.15) is 5.75 Å². The number of nitrogens with one attached hydrogen (secondary N) is 2. The lowest BCUT2D eigenvalue weighted by atomic mass is 10.1. The second kappa shape index (κ2) is 8.55. The van der Waals surface area contributed by atoms with E-state index in [2.05, 4.69) is 10.6 Å². The van der Waals surface area contributed by atoms with Gasteiger partial charge in [0.25, 0.3) is 0 Å². The van der Waals surface area contributed by atoms with Crippen LogP contribution < -0.4 is 15.4 Å². The first-order chi connectivity index (χ1) is 9.60. The van der Waals surface area contributed by atoms with Gasteiger partial charge in [-0.15, -0.1) is 0 Å². The fourth-order valence-electron chi connectivity index (χ4n) is 1.99. The van der Waals surface area contributed by atoms with Gasteiger partial charge in [0.15, 0.2) is 0 Å². The Kier molecular flexibility index (Phi) is 7.04. The molecular formula is C15H24N2O3. The van der Waals surface area contributed by atoms with Gasteiger partial charge in [0.2, 0.25) is 5.91 Å². The van der Waals surface area contributed by atoms with Crippen molar-refractivity contribution in [2.45, 2.75) is 39.8 Å².